The monoisotopic (exact) mass is 470 g/mol. The fourth-order valence-corrected chi connectivity index (χ4v) is 3.80. The number of nitro benzene ring substituents is 1. The quantitative estimate of drug-likeness (QED) is 0.206. The van der Waals surface area contributed by atoms with Gasteiger partial charge in [0, 0.05) is 0 Å². The molecule has 0 bridgehead atoms. The van der Waals surface area contributed by atoms with Crippen LogP contribution in [0.5, 0.6) is 0 Å². The van der Waals surface area contributed by atoms with E-state index in [0.717, 1.165) is 23.9 Å². The maximum atomic E-state index is 11.7. The summed E-state index contributed by atoms with van der Waals surface area (Å²) in [5.41, 5.74) is 3.89. The van der Waals surface area contributed by atoms with Crippen LogP contribution in [0.15, 0.2) is 93.4 Å². The number of nitrogens with one attached hydrogen (secondary N) is 1. The van der Waals surface area contributed by atoms with Crippen molar-refractivity contribution in [1.82, 2.24) is 0 Å². The van der Waals surface area contributed by atoms with Gasteiger partial charge in [0.05, 0.1) is 0 Å². The molecule has 12 heteroatoms. The molecule has 0 aliphatic heterocycles. The normalized spacial score (nSPS) is 11.8. The van der Waals surface area contributed by atoms with E-state index in [2.05, 4.69) is 26.0 Å². The number of anilines is 1. The third-order valence-electron chi connectivity index (χ3n) is 3.72. The summed E-state index contributed by atoms with van der Waals surface area (Å²) in [5.74, 6) is 0. The standard InChI is InChI=1S/C18H15AsN6O5/c26-19(27,28)17-12-16(25(29)30)10-11-18(17)23-24-22-15-8-6-14(7-9-15)21-20-13-4-2-1-3-5-13/h1-12H,(H,22,23)(H2,26,27,28). The molecule has 0 saturated carbocycles. The molecule has 0 atom stereocenters. The van der Waals surface area contributed by atoms with E-state index in [1.165, 1.54) is 0 Å². The van der Waals surface area contributed by atoms with Crippen molar-refractivity contribution in [3.8, 4) is 0 Å². The van der Waals surface area contributed by atoms with Crippen molar-refractivity contribution >= 4 is 47.0 Å². The van der Waals surface area contributed by atoms with Gasteiger partial charge in [0.2, 0.25) is 0 Å². The summed E-state index contributed by atoms with van der Waals surface area (Å²) < 4.78 is 30.1. The summed E-state index contributed by atoms with van der Waals surface area (Å²) in [5, 5.41) is 26.5. The summed E-state index contributed by atoms with van der Waals surface area (Å²) >= 11 is -5.45. The first-order chi connectivity index (χ1) is 14.3. The summed E-state index contributed by atoms with van der Waals surface area (Å²) in [6.45, 7) is 0. The predicted molar refractivity (Wildman–Crippen MR) is 109 cm³/mol. The van der Waals surface area contributed by atoms with E-state index >= 15 is 0 Å². The minimum absolute atomic E-state index is 0.158. The van der Waals surface area contributed by atoms with Crippen molar-refractivity contribution in [2.75, 3.05) is 5.43 Å². The average Bonchev–Trinajstić information content (AvgIpc) is 2.73. The van der Waals surface area contributed by atoms with Crippen LogP contribution in [0, 0.1) is 10.1 Å². The third-order valence-corrected chi connectivity index (χ3v) is 5.79. The van der Waals surface area contributed by atoms with Crippen molar-refractivity contribution in [2.45, 2.75) is 0 Å². The molecule has 3 aromatic rings. The molecule has 3 N–H and O–H groups in total. The van der Waals surface area contributed by atoms with E-state index in [0.29, 0.717) is 11.4 Å². The molecule has 0 aromatic heterocycles. The molecule has 30 heavy (non-hydrogen) atoms. The van der Waals surface area contributed by atoms with Crippen LogP contribution in [0.2, 0.25) is 0 Å². The molecule has 3 rings (SSSR count). The first-order valence-electron chi connectivity index (χ1n) is 8.41. The zero-order valence-electron chi connectivity index (χ0n) is 15.2. The van der Waals surface area contributed by atoms with Crippen LogP contribution in [0.1, 0.15) is 0 Å². The number of hydrogen-bond donors (Lipinski definition) is 3. The van der Waals surface area contributed by atoms with E-state index in [-0.39, 0.29) is 5.69 Å². The third kappa shape index (κ3) is 5.67. The Morgan fingerprint density at radius 2 is 1.50 bits per heavy atom. The summed E-state index contributed by atoms with van der Waals surface area (Å²) in [7, 11) is 0. The predicted octanol–water partition coefficient (Wildman–Crippen LogP) is 3.68. The molecule has 0 aliphatic rings. The van der Waals surface area contributed by atoms with Crippen LogP contribution in [-0.4, -0.2) is 27.3 Å². The number of nitrogens with zero attached hydrogens (tertiary/aromatic N) is 5. The average molecular weight is 470 g/mol. The van der Waals surface area contributed by atoms with Crippen LogP contribution in [0.25, 0.3) is 0 Å². The number of hydrogen-bond acceptors (Lipinski definition) is 7. The second-order valence-electron chi connectivity index (χ2n) is 5.87. The van der Waals surface area contributed by atoms with Crippen molar-refractivity contribution in [3.63, 3.8) is 0 Å². The molecule has 3 aromatic carbocycles. The van der Waals surface area contributed by atoms with Gasteiger partial charge in [0.15, 0.2) is 0 Å². The molecule has 0 amide bonds. The van der Waals surface area contributed by atoms with Gasteiger partial charge in [-0.05, 0) is 12.1 Å². The van der Waals surface area contributed by atoms with Crippen molar-refractivity contribution < 1.29 is 16.9 Å². The fraction of sp³-hybridized carbons (Fsp3) is 0. The zero-order chi connectivity index (χ0) is 21.6. The topological polar surface area (TPSA) is 162 Å². The number of rotatable bonds is 7. The van der Waals surface area contributed by atoms with E-state index in [1.807, 2.05) is 30.3 Å². The molecule has 0 fully saturated rings. The van der Waals surface area contributed by atoms with Gasteiger partial charge in [-0.1, -0.05) is 18.2 Å². The SMILES string of the molecule is O=[N+]([O-])c1ccc(N=NNc2ccc(N=Nc3ccccc3)cc2)c([As](=O)(O)O)c1. The number of nitro groups is 1. The molecule has 152 valence electrons. The van der Waals surface area contributed by atoms with E-state index < -0.39 is 29.1 Å². The van der Waals surface area contributed by atoms with Gasteiger partial charge in [-0.3, -0.25) is 0 Å². The molecule has 0 saturated heterocycles. The van der Waals surface area contributed by atoms with Crippen molar-refractivity contribution in [2.24, 2.45) is 20.6 Å². The molecule has 0 aliphatic carbocycles. The number of non-ortho nitro benzene ring substituents is 1. The van der Waals surface area contributed by atoms with E-state index in [4.69, 9.17) is 0 Å². The molecule has 0 heterocycles. The summed E-state index contributed by atoms with van der Waals surface area (Å²) in [4.78, 5) is 10.1. The van der Waals surface area contributed by atoms with Gasteiger partial charge >= 0.3 is 142 Å². The van der Waals surface area contributed by atoms with E-state index in [9.17, 15) is 22.0 Å². The first-order valence-corrected chi connectivity index (χ1v) is 11.8. The molecule has 0 spiro atoms. The Kier molecular flexibility index (Phi) is 6.47. The molecule has 11 nitrogen and oxygen atoms in total. The molecule has 0 unspecified atom stereocenters. The zero-order valence-corrected chi connectivity index (χ0v) is 17.1. The molecule has 0 radical (unpaired) electrons. The van der Waals surface area contributed by atoms with Gasteiger partial charge in [0.1, 0.15) is 0 Å². The second-order valence-corrected chi connectivity index (χ2v) is 9.16. The van der Waals surface area contributed by atoms with Crippen molar-refractivity contribution in [1.29, 1.82) is 0 Å². The maximum absolute atomic E-state index is 11.7. The summed E-state index contributed by atoms with van der Waals surface area (Å²) in [6.07, 6.45) is 0. The minimum atomic E-state index is -5.45. The Hall–Kier alpha value is -3.66. The number of benzene rings is 3. The Balaban J connectivity index is 1.70. The van der Waals surface area contributed by atoms with Crippen LogP contribution < -0.4 is 9.78 Å². The van der Waals surface area contributed by atoms with Gasteiger partial charge in [-0.25, -0.2) is 0 Å². The Morgan fingerprint density at radius 1 is 0.867 bits per heavy atom. The van der Waals surface area contributed by atoms with Crippen LogP contribution in [0.4, 0.5) is 28.4 Å². The molecular weight excluding hydrogens is 455 g/mol. The van der Waals surface area contributed by atoms with Crippen molar-refractivity contribution in [3.05, 3.63) is 82.9 Å². The van der Waals surface area contributed by atoms with Crippen LogP contribution >= 0.6 is 0 Å². The van der Waals surface area contributed by atoms with Crippen LogP contribution in [-0.2, 0) is 3.74 Å². The molecular formula is C18H15AsN6O5. The first kappa shape index (κ1) is 21.1. The van der Waals surface area contributed by atoms with Crippen LogP contribution in [0.3, 0.4) is 0 Å². The van der Waals surface area contributed by atoms with E-state index in [1.54, 1.807) is 24.3 Å². The summed E-state index contributed by atoms with van der Waals surface area (Å²) in [6, 6.07) is 19.0. The van der Waals surface area contributed by atoms with Gasteiger partial charge in [0.25, 0.3) is 0 Å². The van der Waals surface area contributed by atoms with Gasteiger partial charge in [-0.2, -0.15) is 0 Å². The Morgan fingerprint density at radius 3 is 2.10 bits per heavy atom. The van der Waals surface area contributed by atoms with Gasteiger partial charge < -0.3 is 0 Å². The Labute approximate surface area is 172 Å². The fourth-order valence-electron chi connectivity index (χ4n) is 2.29. The number of azo groups is 1. The van der Waals surface area contributed by atoms with Gasteiger partial charge in [-0.15, -0.1) is 0 Å². The Bertz CT molecular complexity index is 1150. The second kappa shape index (κ2) is 9.22.